The van der Waals surface area contributed by atoms with Crippen LogP contribution in [0.1, 0.15) is 28.7 Å². The molecule has 5 nitrogen and oxygen atoms in total. The molecule has 0 aliphatic carbocycles. The minimum absolute atomic E-state index is 0.0715. The van der Waals surface area contributed by atoms with Crippen LogP contribution in [0.15, 0.2) is 71.6 Å². The first-order valence-corrected chi connectivity index (χ1v) is 11.3. The molecule has 0 aliphatic heterocycles. The Hall–Kier alpha value is -3.12. The summed E-state index contributed by atoms with van der Waals surface area (Å²) in [5.41, 5.74) is 5.47. The Morgan fingerprint density at radius 3 is 1.97 bits per heavy atom. The summed E-state index contributed by atoms with van der Waals surface area (Å²) in [7, 11) is -3.65. The Morgan fingerprint density at radius 1 is 0.767 bits per heavy atom. The third-order valence-corrected chi connectivity index (χ3v) is 6.08. The van der Waals surface area contributed by atoms with E-state index < -0.39 is 10.0 Å². The van der Waals surface area contributed by atoms with E-state index in [1.165, 1.54) is 0 Å². The number of carbonyl (C=O) groups excluding carboxylic acids is 1. The Morgan fingerprint density at radius 2 is 1.37 bits per heavy atom. The minimum atomic E-state index is -3.65. The molecular formula is C24H26N2O3S. The summed E-state index contributed by atoms with van der Waals surface area (Å²) in [5, 5.41) is 2.92. The molecule has 6 heteroatoms. The van der Waals surface area contributed by atoms with Crippen LogP contribution >= 0.6 is 0 Å². The highest BCUT2D eigenvalue weighted by Crippen LogP contribution is 2.18. The third-order valence-electron chi connectivity index (χ3n) is 4.68. The average Bonchev–Trinajstić information content (AvgIpc) is 2.67. The molecule has 0 bridgehead atoms. The Balaban J connectivity index is 1.58. The van der Waals surface area contributed by atoms with Crippen molar-refractivity contribution in [3.05, 3.63) is 89.0 Å². The molecule has 3 aromatic carbocycles. The number of hydrogen-bond acceptors (Lipinski definition) is 3. The number of benzene rings is 3. The zero-order valence-electron chi connectivity index (χ0n) is 17.4. The highest BCUT2D eigenvalue weighted by molar-refractivity contribution is 7.92. The summed E-state index contributed by atoms with van der Waals surface area (Å²) >= 11 is 0. The van der Waals surface area contributed by atoms with Crippen molar-refractivity contribution in [1.82, 2.24) is 0 Å². The highest BCUT2D eigenvalue weighted by atomic mass is 32.2. The first-order valence-electron chi connectivity index (χ1n) is 9.78. The Kier molecular flexibility index (Phi) is 6.57. The molecule has 0 saturated carbocycles. The van der Waals surface area contributed by atoms with Crippen LogP contribution in [0.3, 0.4) is 0 Å². The molecular weight excluding hydrogens is 396 g/mol. The molecule has 2 N–H and O–H groups in total. The third kappa shape index (κ3) is 5.94. The summed E-state index contributed by atoms with van der Waals surface area (Å²) in [6.07, 6.45) is 0.850. The summed E-state index contributed by atoms with van der Waals surface area (Å²) in [6, 6.07) is 19.7. The van der Waals surface area contributed by atoms with Gasteiger partial charge in [0.05, 0.1) is 4.90 Å². The fourth-order valence-electron chi connectivity index (χ4n) is 3.20. The first-order chi connectivity index (χ1) is 14.2. The van der Waals surface area contributed by atoms with E-state index in [4.69, 9.17) is 0 Å². The van der Waals surface area contributed by atoms with Gasteiger partial charge in [0.15, 0.2) is 0 Å². The molecule has 0 spiro atoms. The fourth-order valence-corrected chi connectivity index (χ4v) is 4.26. The lowest BCUT2D eigenvalue weighted by Crippen LogP contribution is -2.13. The SMILES string of the molecule is Cc1ccc(NS(=O)(=O)c2ccc(CCC(=O)Nc3cc(C)cc(C)c3)cc2)cc1. The summed E-state index contributed by atoms with van der Waals surface area (Å²) in [5.74, 6) is -0.0715. The fraction of sp³-hybridized carbons (Fsp3) is 0.208. The zero-order valence-corrected chi connectivity index (χ0v) is 18.2. The van der Waals surface area contributed by atoms with E-state index in [2.05, 4.69) is 16.1 Å². The number of rotatable bonds is 7. The number of aryl methyl sites for hydroxylation is 4. The monoisotopic (exact) mass is 422 g/mol. The molecule has 0 aliphatic rings. The number of hydrogen-bond donors (Lipinski definition) is 2. The smallest absolute Gasteiger partial charge is 0.261 e. The van der Waals surface area contributed by atoms with Crippen LogP contribution < -0.4 is 10.0 Å². The highest BCUT2D eigenvalue weighted by Gasteiger charge is 2.14. The Bertz CT molecular complexity index is 1120. The standard InChI is InChI=1S/C24H26N2O3S/c1-17-4-9-21(10-5-17)26-30(28,29)23-11-6-20(7-12-23)8-13-24(27)25-22-15-18(2)14-19(3)16-22/h4-7,9-12,14-16,26H,8,13H2,1-3H3,(H,25,27). The van der Waals surface area contributed by atoms with Crippen molar-refractivity contribution in [1.29, 1.82) is 0 Å². The van der Waals surface area contributed by atoms with Crippen LogP contribution in [0.25, 0.3) is 0 Å². The summed E-state index contributed by atoms with van der Waals surface area (Å²) in [4.78, 5) is 12.4. The lowest BCUT2D eigenvalue weighted by Gasteiger charge is -2.10. The number of sulfonamides is 1. The molecule has 0 heterocycles. The lowest BCUT2D eigenvalue weighted by molar-refractivity contribution is -0.116. The second-order valence-electron chi connectivity index (χ2n) is 7.54. The van der Waals surface area contributed by atoms with Gasteiger partial charge in [-0.1, -0.05) is 35.9 Å². The number of amides is 1. The van der Waals surface area contributed by atoms with Crippen LogP contribution in [0.5, 0.6) is 0 Å². The van der Waals surface area contributed by atoms with E-state index in [0.717, 1.165) is 27.9 Å². The van der Waals surface area contributed by atoms with Gasteiger partial charge in [-0.2, -0.15) is 0 Å². The quantitative estimate of drug-likeness (QED) is 0.564. The van der Waals surface area contributed by atoms with Crippen molar-refractivity contribution < 1.29 is 13.2 Å². The van der Waals surface area contributed by atoms with Gasteiger partial charge in [-0.3, -0.25) is 9.52 Å². The van der Waals surface area contributed by atoms with Gasteiger partial charge in [-0.25, -0.2) is 8.42 Å². The molecule has 0 fully saturated rings. The van der Waals surface area contributed by atoms with Gasteiger partial charge in [0.25, 0.3) is 10.0 Å². The van der Waals surface area contributed by atoms with Crippen molar-refractivity contribution in [2.75, 3.05) is 10.0 Å². The van der Waals surface area contributed by atoms with E-state index in [0.29, 0.717) is 18.5 Å². The van der Waals surface area contributed by atoms with E-state index in [9.17, 15) is 13.2 Å². The molecule has 0 aromatic heterocycles. The van der Waals surface area contributed by atoms with Gasteiger partial charge in [0, 0.05) is 17.8 Å². The van der Waals surface area contributed by atoms with Crippen molar-refractivity contribution in [3.63, 3.8) is 0 Å². The maximum absolute atomic E-state index is 12.5. The summed E-state index contributed by atoms with van der Waals surface area (Å²) in [6.45, 7) is 5.93. The van der Waals surface area contributed by atoms with Gasteiger partial charge >= 0.3 is 0 Å². The summed E-state index contributed by atoms with van der Waals surface area (Å²) < 4.78 is 27.7. The van der Waals surface area contributed by atoms with E-state index in [-0.39, 0.29) is 10.8 Å². The van der Waals surface area contributed by atoms with Crippen LogP contribution in [-0.2, 0) is 21.2 Å². The van der Waals surface area contributed by atoms with E-state index in [1.54, 1.807) is 36.4 Å². The number of anilines is 2. The van der Waals surface area contributed by atoms with Crippen molar-refractivity contribution >= 4 is 27.3 Å². The van der Waals surface area contributed by atoms with Gasteiger partial charge in [0.1, 0.15) is 0 Å². The molecule has 0 saturated heterocycles. The Labute approximate surface area is 178 Å². The minimum Gasteiger partial charge on any atom is -0.326 e. The molecule has 1 amide bonds. The second kappa shape index (κ2) is 9.13. The zero-order chi connectivity index (χ0) is 21.7. The van der Waals surface area contributed by atoms with Crippen molar-refractivity contribution in [3.8, 4) is 0 Å². The average molecular weight is 423 g/mol. The predicted molar refractivity (Wildman–Crippen MR) is 121 cm³/mol. The van der Waals surface area contributed by atoms with E-state index >= 15 is 0 Å². The first kappa shape index (κ1) is 21.6. The molecule has 156 valence electrons. The number of carbonyl (C=O) groups is 1. The largest absolute Gasteiger partial charge is 0.326 e. The van der Waals surface area contributed by atoms with Crippen molar-refractivity contribution in [2.45, 2.75) is 38.5 Å². The maximum atomic E-state index is 12.5. The van der Waals surface area contributed by atoms with Crippen LogP contribution in [-0.4, -0.2) is 14.3 Å². The van der Waals surface area contributed by atoms with Gasteiger partial charge in [-0.05, 0) is 80.3 Å². The molecule has 30 heavy (non-hydrogen) atoms. The van der Waals surface area contributed by atoms with Crippen LogP contribution in [0, 0.1) is 20.8 Å². The molecule has 3 rings (SSSR count). The number of nitrogens with one attached hydrogen (secondary N) is 2. The second-order valence-corrected chi connectivity index (χ2v) is 9.22. The van der Waals surface area contributed by atoms with Crippen LogP contribution in [0.4, 0.5) is 11.4 Å². The van der Waals surface area contributed by atoms with Gasteiger partial charge in [0.2, 0.25) is 5.91 Å². The normalized spacial score (nSPS) is 11.2. The molecule has 3 aromatic rings. The molecule has 0 radical (unpaired) electrons. The molecule has 0 unspecified atom stereocenters. The van der Waals surface area contributed by atoms with E-state index in [1.807, 2.05) is 45.0 Å². The van der Waals surface area contributed by atoms with Gasteiger partial charge in [-0.15, -0.1) is 0 Å². The maximum Gasteiger partial charge on any atom is 0.261 e. The van der Waals surface area contributed by atoms with Gasteiger partial charge < -0.3 is 5.32 Å². The topological polar surface area (TPSA) is 75.3 Å². The van der Waals surface area contributed by atoms with Crippen LogP contribution in [0.2, 0.25) is 0 Å². The predicted octanol–water partition coefficient (Wildman–Crippen LogP) is 4.98. The van der Waals surface area contributed by atoms with Crippen molar-refractivity contribution in [2.24, 2.45) is 0 Å². The molecule has 0 atom stereocenters. The lowest BCUT2D eigenvalue weighted by atomic mass is 10.1.